The number of nitrogens with zero attached hydrogens (tertiary/aromatic N) is 9. The van der Waals surface area contributed by atoms with Crippen LogP contribution in [0, 0.1) is 17.5 Å². The van der Waals surface area contributed by atoms with E-state index in [0.717, 1.165) is 78.3 Å². The van der Waals surface area contributed by atoms with Crippen molar-refractivity contribution in [1.29, 1.82) is 0 Å². The molecule has 0 radical (unpaired) electrons. The molecular weight excluding hydrogens is 1780 g/mol. The summed E-state index contributed by atoms with van der Waals surface area (Å²) in [6.07, 6.45) is 10.5. The molecule has 0 unspecified atom stereocenters. The van der Waals surface area contributed by atoms with E-state index in [1.807, 2.05) is 6.07 Å². The van der Waals surface area contributed by atoms with Gasteiger partial charge in [0, 0.05) is 93.1 Å². The number of fused-ring (bicyclic) bond motifs is 9. The Bertz CT molecular complexity index is 7610. The van der Waals surface area contributed by atoms with Crippen LogP contribution < -0.4 is 107 Å². The topological polar surface area (TPSA) is 409 Å². The number of nitrogens with one attached hydrogen (secondary N) is 3. The van der Waals surface area contributed by atoms with Crippen molar-refractivity contribution in [2.24, 2.45) is 14.1 Å². The molecule has 35 nitrogen and oxygen atoms in total. The van der Waals surface area contributed by atoms with Gasteiger partial charge in [-0.05, 0) is 211 Å². The molecule has 19 rings (SSSR count). The zero-order chi connectivity index (χ0) is 96.3. The second-order valence-corrected chi connectivity index (χ2v) is 32.9. The van der Waals surface area contributed by atoms with Crippen molar-refractivity contribution >= 4 is 67.5 Å². The maximum absolute atomic E-state index is 13.5. The van der Waals surface area contributed by atoms with Gasteiger partial charge in [0.1, 0.15) is 121 Å². The molecule has 0 atom stereocenters. The lowest BCUT2D eigenvalue weighted by molar-refractivity contribution is 0.0262. The fraction of sp³-hybridized carbons (Fsp3) is 0.212. The van der Waals surface area contributed by atoms with Crippen LogP contribution in [0.4, 0.5) is 30.2 Å². The Morgan fingerprint density at radius 1 is 0.394 bits per heavy atom. The molecule has 0 saturated heterocycles. The zero-order valence-electron chi connectivity index (χ0n) is 74.3. The van der Waals surface area contributed by atoms with Gasteiger partial charge in [-0.2, -0.15) is 0 Å². The summed E-state index contributed by atoms with van der Waals surface area (Å²) >= 11 is 0. The monoisotopic (exact) mass is 1870 g/mol. The van der Waals surface area contributed by atoms with Crippen LogP contribution in [0.3, 0.4) is 0 Å². The molecule has 6 aromatic heterocycles. The van der Waals surface area contributed by atoms with Crippen LogP contribution in [-0.2, 0) is 20.6 Å². The predicted octanol–water partition coefficient (Wildman–Crippen LogP) is 13.4. The molecular formula is C99H85F3N12O23. The first-order chi connectivity index (χ1) is 65.8. The van der Waals surface area contributed by atoms with Crippen molar-refractivity contribution < 1.29 is 94.6 Å². The smallest absolute Gasteiger partial charge is 0.335 e. The number of anilines is 3. The Kier molecular flexibility index (Phi) is 25.9. The van der Waals surface area contributed by atoms with Crippen molar-refractivity contribution in [2.75, 3.05) is 68.8 Å². The van der Waals surface area contributed by atoms with Gasteiger partial charge >= 0.3 is 17.1 Å². The van der Waals surface area contributed by atoms with E-state index in [1.165, 1.54) is 67.5 Å². The third-order valence-corrected chi connectivity index (χ3v) is 21.3. The summed E-state index contributed by atoms with van der Waals surface area (Å²) < 4.78 is 118. The number of hydrogen-bond donors (Lipinski definition) is 5. The molecule has 9 aromatic carbocycles. The lowest BCUT2D eigenvalue weighted by Gasteiger charge is -2.25. The third kappa shape index (κ3) is 20.3. The maximum atomic E-state index is 13.5. The van der Waals surface area contributed by atoms with Crippen LogP contribution in [0.2, 0.25) is 0 Å². The average molecular weight is 1870 g/mol. The van der Waals surface area contributed by atoms with E-state index in [1.54, 1.807) is 156 Å². The van der Waals surface area contributed by atoms with Crippen molar-refractivity contribution in [3.8, 4) is 103 Å². The molecule has 0 spiro atoms. The highest BCUT2D eigenvalue weighted by Crippen LogP contribution is 2.53. The van der Waals surface area contributed by atoms with E-state index in [4.69, 9.17) is 56.8 Å². The summed E-state index contributed by atoms with van der Waals surface area (Å²) in [5, 5.41) is 30.1. The van der Waals surface area contributed by atoms with Gasteiger partial charge in [-0.15, -0.1) is 0 Å². The molecule has 137 heavy (non-hydrogen) atoms. The number of benzene rings is 9. The minimum atomic E-state index is -1.07. The van der Waals surface area contributed by atoms with E-state index in [9.17, 15) is 66.5 Å². The number of ether oxygens (including phenoxy) is 12. The summed E-state index contributed by atoms with van der Waals surface area (Å²) in [4.78, 5) is 131. The van der Waals surface area contributed by atoms with Gasteiger partial charge in [0.15, 0.2) is 34.5 Å². The van der Waals surface area contributed by atoms with Gasteiger partial charge in [0.2, 0.25) is 17.2 Å². The molecule has 3 aliphatic heterocycles. The van der Waals surface area contributed by atoms with E-state index in [0.29, 0.717) is 176 Å². The Morgan fingerprint density at radius 3 is 0.993 bits per heavy atom. The zero-order valence-corrected chi connectivity index (χ0v) is 74.3. The standard InChI is InChI=1S/C34H31FN4O8.C33H29FN4O8.C32H25FN4O7/c1-4-38-18-24(32(41)39(33(38)42)22-9-5-20(35)6-10-22)31(40)37-21-7-11-23(12-8-21)47-26-13-14-36-25-17-27(46-19-34(2,3)43)29-30(28(25)26)45-16-15-44-29;1-33(2,42)18-45-26-16-24-27(29-28(26)43-14-15-44-29)25(12-13-35-24)46-22-10-6-20(7-11-22)36-30(39)23-17-37(3)32(41)38(31(23)40)21-8-4-19(34)5-9-21;1-36-17-23(31(39)37(32(36)40)20-6-2-18(33)3-7-20)30(38)35-19-4-8-21(9-5-19)43-25-12-13-34-24-16-26(44-22-10-11-22)28-29(27(24)25)42-15-14-41-28/h5-14,17-18,43H,4,15-16,19H2,1-3H3,(H,37,40);4-13,16-17,42H,14-15,18H2,1-3H3,(H,36,39);2-9,12-13,16-17,22H,10-11,14-15H2,1H3,(H,35,38). The maximum Gasteiger partial charge on any atom is 0.335 e. The Morgan fingerprint density at radius 2 is 0.686 bits per heavy atom. The van der Waals surface area contributed by atoms with Crippen molar-refractivity contribution in [3.63, 3.8) is 0 Å². The summed E-state index contributed by atoms with van der Waals surface area (Å²) in [7, 11) is 2.83. The van der Waals surface area contributed by atoms with Crippen LogP contribution in [0.25, 0.3) is 49.8 Å². The van der Waals surface area contributed by atoms with Gasteiger partial charge in [0.25, 0.3) is 34.4 Å². The quantitative estimate of drug-likeness (QED) is 0.0375. The van der Waals surface area contributed by atoms with Crippen LogP contribution >= 0.6 is 0 Å². The minimum absolute atomic E-state index is 0.0279. The number of halogens is 3. The number of aromatic nitrogens is 9. The molecule has 1 aliphatic carbocycles. The van der Waals surface area contributed by atoms with Crippen LogP contribution in [0.1, 0.15) is 78.5 Å². The second-order valence-electron chi connectivity index (χ2n) is 32.9. The van der Waals surface area contributed by atoms with Gasteiger partial charge in [-0.25, -0.2) is 41.3 Å². The molecule has 38 heteroatoms. The molecule has 1 fully saturated rings. The van der Waals surface area contributed by atoms with Gasteiger partial charge in [-0.1, -0.05) is 0 Å². The summed E-state index contributed by atoms with van der Waals surface area (Å²) in [5.74, 6) is 2.94. The van der Waals surface area contributed by atoms with Crippen LogP contribution in [0.5, 0.6) is 86.2 Å². The average Bonchev–Trinajstić information content (AvgIpc) is 1.75. The predicted molar refractivity (Wildman–Crippen MR) is 495 cm³/mol. The number of carbonyl (C=O) groups excluding carboxylic acids is 3. The van der Waals surface area contributed by atoms with Crippen molar-refractivity contribution in [2.45, 2.75) is 71.3 Å². The summed E-state index contributed by atoms with van der Waals surface area (Å²) in [6, 6.07) is 44.3. The highest BCUT2D eigenvalue weighted by Gasteiger charge is 2.33. The molecule has 15 aromatic rings. The fourth-order valence-corrected chi connectivity index (χ4v) is 14.6. The van der Waals surface area contributed by atoms with Gasteiger partial charge < -0.3 is 92.1 Å². The lowest BCUT2D eigenvalue weighted by Crippen LogP contribution is -2.42. The molecule has 700 valence electrons. The number of aryl methyl sites for hydroxylation is 3. The largest absolute Gasteiger partial charge is 0.486 e. The Labute approximate surface area is 774 Å². The molecule has 9 heterocycles. The fourth-order valence-electron chi connectivity index (χ4n) is 14.6. The number of aliphatic hydroxyl groups is 2. The van der Waals surface area contributed by atoms with Crippen molar-refractivity contribution in [1.82, 2.24) is 42.4 Å². The minimum Gasteiger partial charge on any atom is -0.486 e. The number of amides is 3. The number of carbonyl (C=O) groups is 3. The molecule has 5 N–H and O–H groups in total. The van der Waals surface area contributed by atoms with E-state index >= 15 is 0 Å². The first-order valence-electron chi connectivity index (χ1n) is 42.9. The second kappa shape index (κ2) is 38.7. The highest BCUT2D eigenvalue weighted by atomic mass is 19.1. The number of rotatable bonds is 24. The van der Waals surface area contributed by atoms with E-state index in [2.05, 4.69) is 30.9 Å². The summed E-state index contributed by atoms with van der Waals surface area (Å²) in [6.45, 7) is 10.5. The van der Waals surface area contributed by atoms with Gasteiger partial charge in [-0.3, -0.25) is 48.3 Å². The molecule has 4 aliphatic rings. The third-order valence-electron chi connectivity index (χ3n) is 21.3. The van der Waals surface area contributed by atoms with E-state index in [-0.39, 0.29) is 59.6 Å². The summed E-state index contributed by atoms with van der Waals surface area (Å²) in [5.41, 5.74) is -4.26. The SMILES string of the molecule is CCn1cc(C(=O)Nc2ccc(Oc3ccnc4cc(OCC(C)(C)O)c5c(c34)OCCO5)cc2)c(=O)n(-c2ccc(F)cc2)c1=O.Cn1cc(C(=O)Nc2ccc(Oc3ccnc4cc(OC5CC5)c5c(c34)OCCO5)cc2)c(=O)n(-c2ccc(F)cc2)c1=O.Cn1cc(C(=O)Nc2ccc(Oc3ccnc4cc(OCC(C)(C)O)c5c(c34)OCCO5)cc2)c(=O)n(-c2ccc(F)cc2)c1=O. The lowest BCUT2D eigenvalue weighted by atomic mass is 10.1. The number of hydrogen-bond acceptors (Lipinski definition) is 26. The van der Waals surface area contributed by atoms with Crippen molar-refractivity contribution in [3.05, 3.63) is 316 Å². The van der Waals surface area contributed by atoms with E-state index < -0.39 is 80.1 Å². The van der Waals surface area contributed by atoms with Gasteiger partial charge in [0.05, 0.1) is 67.1 Å². The van der Waals surface area contributed by atoms with Crippen LogP contribution in [-0.4, -0.2) is 140 Å². The first kappa shape index (κ1) is 91.8. The normalized spacial score (nSPS) is 13.0. The number of pyridine rings is 3. The first-order valence-corrected chi connectivity index (χ1v) is 42.9. The molecule has 0 bridgehead atoms. The molecule has 3 amide bonds. The Balaban J connectivity index is 0.000000142. The highest BCUT2D eigenvalue weighted by molar-refractivity contribution is 6.06. The Hall–Kier alpha value is -17.0. The molecule has 1 saturated carbocycles. The van der Waals surface area contributed by atoms with Crippen LogP contribution in [0.15, 0.2) is 248 Å².